The smallest absolute Gasteiger partial charge is 0.328 e. The number of methoxy groups -OCH3 is 1. The van der Waals surface area contributed by atoms with Gasteiger partial charge in [-0.1, -0.05) is 43.5 Å². The van der Waals surface area contributed by atoms with E-state index in [1.54, 1.807) is 6.07 Å². The number of amides is 1. The SMILES string of the molecule is CC[C@H](C)[C@H](NC(=O)c1ccc(Cl)cc1Cl)C(=O)OC. The Morgan fingerprint density at radius 2 is 2.00 bits per heavy atom. The number of carbonyl (C=O) groups excluding carboxylic acids is 2. The van der Waals surface area contributed by atoms with Crippen LogP contribution in [-0.4, -0.2) is 25.0 Å². The van der Waals surface area contributed by atoms with E-state index >= 15 is 0 Å². The van der Waals surface area contributed by atoms with Crippen LogP contribution in [0.25, 0.3) is 0 Å². The quantitative estimate of drug-likeness (QED) is 0.848. The summed E-state index contributed by atoms with van der Waals surface area (Å²) in [6.07, 6.45) is 0.731. The number of halogens is 2. The molecule has 1 aromatic rings. The Balaban J connectivity index is 2.93. The van der Waals surface area contributed by atoms with Crippen LogP contribution >= 0.6 is 23.2 Å². The average Bonchev–Trinajstić information content (AvgIpc) is 2.42. The topological polar surface area (TPSA) is 55.4 Å². The first kappa shape index (κ1) is 16.8. The molecule has 4 nitrogen and oxygen atoms in total. The highest BCUT2D eigenvalue weighted by molar-refractivity contribution is 6.36. The van der Waals surface area contributed by atoms with Gasteiger partial charge in [0.15, 0.2) is 0 Å². The lowest BCUT2D eigenvalue weighted by Crippen LogP contribution is -2.45. The third kappa shape index (κ3) is 4.12. The van der Waals surface area contributed by atoms with E-state index in [2.05, 4.69) is 5.32 Å². The minimum atomic E-state index is -0.704. The van der Waals surface area contributed by atoms with Gasteiger partial charge in [0, 0.05) is 5.02 Å². The Labute approximate surface area is 128 Å². The molecule has 0 aliphatic carbocycles. The van der Waals surface area contributed by atoms with Crippen LogP contribution in [0.15, 0.2) is 18.2 Å². The van der Waals surface area contributed by atoms with Gasteiger partial charge in [-0.15, -0.1) is 0 Å². The van der Waals surface area contributed by atoms with Gasteiger partial charge in [0.2, 0.25) is 0 Å². The van der Waals surface area contributed by atoms with Crippen LogP contribution < -0.4 is 5.32 Å². The molecule has 0 aromatic heterocycles. The maximum Gasteiger partial charge on any atom is 0.328 e. The normalized spacial score (nSPS) is 13.4. The maximum absolute atomic E-state index is 12.2. The molecule has 1 amide bonds. The summed E-state index contributed by atoms with van der Waals surface area (Å²) >= 11 is 11.8. The number of hydrogen-bond donors (Lipinski definition) is 1. The van der Waals surface area contributed by atoms with Crippen molar-refractivity contribution in [2.45, 2.75) is 26.3 Å². The predicted molar refractivity (Wildman–Crippen MR) is 79.2 cm³/mol. The lowest BCUT2D eigenvalue weighted by atomic mass is 9.99. The van der Waals surface area contributed by atoms with Crippen molar-refractivity contribution < 1.29 is 14.3 Å². The van der Waals surface area contributed by atoms with Gasteiger partial charge in [-0.05, 0) is 24.1 Å². The molecule has 0 unspecified atom stereocenters. The van der Waals surface area contributed by atoms with Crippen molar-refractivity contribution in [3.05, 3.63) is 33.8 Å². The van der Waals surface area contributed by atoms with Crippen LogP contribution in [0.4, 0.5) is 0 Å². The van der Waals surface area contributed by atoms with Crippen LogP contribution in [0.5, 0.6) is 0 Å². The van der Waals surface area contributed by atoms with E-state index < -0.39 is 17.9 Å². The van der Waals surface area contributed by atoms with Crippen LogP contribution in [0.2, 0.25) is 10.0 Å². The molecule has 0 aliphatic rings. The molecular formula is C14H17Cl2NO3. The highest BCUT2D eigenvalue weighted by atomic mass is 35.5. The van der Waals surface area contributed by atoms with Gasteiger partial charge in [0.05, 0.1) is 17.7 Å². The minimum absolute atomic E-state index is 0.0440. The zero-order valence-electron chi connectivity index (χ0n) is 11.6. The molecule has 1 aromatic carbocycles. The molecule has 0 fully saturated rings. The van der Waals surface area contributed by atoms with Crippen LogP contribution in [0.1, 0.15) is 30.6 Å². The van der Waals surface area contributed by atoms with E-state index in [-0.39, 0.29) is 16.5 Å². The molecule has 2 atom stereocenters. The summed E-state index contributed by atoms with van der Waals surface area (Å²) in [7, 11) is 1.29. The molecule has 0 heterocycles. The van der Waals surface area contributed by atoms with E-state index in [1.165, 1.54) is 19.2 Å². The zero-order valence-corrected chi connectivity index (χ0v) is 13.1. The van der Waals surface area contributed by atoms with Crippen molar-refractivity contribution in [2.75, 3.05) is 7.11 Å². The minimum Gasteiger partial charge on any atom is -0.467 e. The summed E-state index contributed by atoms with van der Waals surface area (Å²) in [6.45, 7) is 3.80. The van der Waals surface area contributed by atoms with Crippen molar-refractivity contribution in [1.82, 2.24) is 5.32 Å². The summed E-state index contributed by atoms with van der Waals surface area (Å²) in [5, 5.41) is 3.34. The molecular weight excluding hydrogens is 301 g/mol. The first-order valence-corrected chi connectivity index (χ1v) is 7.00. The number of rotatable bonds is 5. The summed E-state index contributed by atoms with van der Waals surface area (Å²) in [6, 6.07) is 3.86. The van der Waals surface area contributed by atoms with E-state index in [0.29, 0.717) is 5.02 Å². The van der Waals surface area contributed by atoms with Gasteiger partial charge in [-0.3, -0.25) is 4.79 Å². The van der Waals surface area contributed by atoms with Crippen molar-refractivity contribution >= 4 is 35.1 Å². The Hall–Kier alpha value is -1.26. The first-order valence-electron chi connectivity index (χ1n) is 6.24. The van der Waals surface area contributed by atoms with Crippen molar-refractivity contribution in [1.29, 1.82) is 0 Å². The number of ether oxygens (including phenoxy) is 1. The van der Waals surface area contributed by atoms with E-state index in [0.717, 1.165) is 6.42 Å². The monoisotopic (exact) mass is 317 g/mol. The van der Waals surface area contributed by atoms with Crippen molar-refractivity contribution in [3.63, 3.8) is 0 Å². The molecule has 110 valence electrons. The van der Waals surface area contributed by atoms with Gasteiger partial charge >= 0.3 is 5.97 Å². The molecule has 0 saturated heterocycles. The number of hydrogen-bond acceptors (Lipinski definition) is 3. The van der Waals surface area contributed by atoms with Crippen LogP contribution in [0.3, 0.4) is 0 Å². The van der Waals surface area contributed by atoms with Gasteiger partial charge in [0.25, 0.3) is 5.91 Å². The number of nitrogens with one attached hydrogen (secondary N) is 1. The lowest BCUT2D eigenvalue weighted by molar-refractivity contribution is -0.144. The number of carbonyl (C=O) groups is 2. The van der Waals surface area contributed by atoms with Crippen LogP contribution in [0, 0.1) is 5.92 Å². The van der Waals surface area contributed by atoms with E-state index in [9.17, 15) is 9.59 Å². The molecule has 20 heavy (non-hydrogen) atoms. The molecule has 6 heteroatoms. The third-order valence-corrected chi connectivity index (χ3v) is 3.68. The van der Waals surface area contributed by atoms with E-state index in [4.69, 9.17) is 27.9 Å². The molecule has 1 rings (SSSR count). The standard InChI is InChI=1S/C14H17Cl2NO3/c1-4-8(2)12(14(19)20-3)17-13(18)10-6-5-9(15)7-11(10)16/h5-8,12H,4H2,1-3H3,(H,17,18)/t8-,12-/m0/s1. The van der Waals surface area contributed by atoms with Crippen molar-refractivity contribution in [2.24, 2.45) is 5.92 Å². The molecule has 0 bridgehead atoms. The second-order valence-corrected chi connectivity index (χ2v) is 5.33. The molecule has 0 radical (unpaired) electrons. The summed E-state index contributed by atoms with van der Waals surface area (Å²) in [5.41, 5.74) is 0.272. The van der Waals surface area contributed by atoms with Gasteiger partial charge in [-0.2, -0.15) is 0 Å². The summed E-state index contributed by atoms with van der Waals surface area (Å²) in [5.74, 6) is -0.947. The lowest BCUT2D eigenvalue weighted by Gasteiger charge is -2.22. The maximum atomic E-state index is 12.2. The highest BCUT2D eigenvalue weighted by Crippen LogP contribution is 2.21. The Morgan fingerprint density at radius 3 is 2.50 bits per heavy atom. The number of benzene rings is 1. The third-order valence-electron chi connectivity index (χ3n) is 3.13. The summed E-state index contributed by atoms with van der Waals surface area (Å²) < 4.78 is 4.71. The van der Waals surface area contributed by atoms with Crippen LogP contribution in [-0.2, 0) is 9.53 Å². The Kier molecular flexibility index (Phi) is 6.30. The predicted octanol–water partition coefficient (Wildman–Crippen LogP) is 3.31. The summed E-state index contributed by atoms with van der Waals surface area (Å²) in [4.78, 5) is 23.9. The number of esters is 1. The Morgan fingerprint density at radius 1 is 1.35 bits per heavy atom. The second-order valence-electron chi connectivity index (χ2n) is 4.48. The highest BCUT2D eigenvalue weighted by Gasteiger charge is 2.27. The fraction of sp³-hybridized carbons (Fsp3) is 0.429. The largest absolute Gasteiger partial charge is 0.467 e. The molecule has 0 aliphatic heterocycles. The van der Waals surface area contributed by atoms with Gasteiger partial charge in [0.1, 0.15) is 6.04 Å². The van der Waals surface area contributed by atoms with Gasteiger partial charge in [-0.25, -0.2) is 4.79 Å². The average molecular weight is 318 g/mol. The second kappa shape index (κ2) is 7.50. The Bertz CT molecular complexity index is 505. The molecule has 1 N–H and O–H groups in total. The fourth-order valence-corrected chi connectivity index (χ4v) is 2.18. The molecule has 0 saturated carbocycles. The first-order chi connectivity index (χ1) is 9.40. The van der Waals surface area contributed by atoms with Crippen molar-refractivity contribution in [3.8, 4) is 0 Å². The fourth-order valence-electron chi connectivity index (χ4n) is 1.69. The van der Waals surface area contributed by atoms with Gasteiger partial charge < -0.3 is 10.1 Å². The van der Waals surface area contributed by atoms with E-state index in [1.807, 2.05) is 13.8 Å². The molecule has 0 spiro atoms. The zero-order chi connectivity index (χ0) is 15.3.